The highest BCUT2D eigenvalue weighted by Gasteiger charge is 2.30. The first-order valence-corrected chi connectivity index (χ1v) is 13.5. The SMILES string of the molecule is CCCCNC(=O)[C@@H](C)N(Cc1ccccc1C)C(=O)CN(c1cccc(C(C)=O)c1)S(C)(=O)=O. The number of ketones is 1. The second-order valence-corrected chi connectivity index (χ2v) is 10.6. The van der Waals surface area contributed by atoms with Crippen LogP contribution in [0.25, 0.3) is 0 Å². The molecule has 190 valence electrons. The number of carbonyl (C=O) groups excluding carboxylic acids is 3. The van der Waals surface area contributed by atoms with Gasteiger partial charge in [0, 0.05) is 18.7 Å². The van der Waals surface area contributed by atoms with Crippen LogP contribution in [0.15, 0.2) is 48.5 Å². The number of unbranched alkanes of at least 4 members (excludes halogenated alkanes) is 1. The molecule has 8 nitrogen and oxygen atoms in total. The first-order chi connectivity index (χ1) is 16.5. The molecule has 0 fully saturated rings. The van der Waals surface area contributed by atoms with Crippen molar-refractivity contribution in [3.8, 4) is 0 Å². The van der Waals surface area contributed by atoms with Crippen molar-refractivity contribution in [1.82, 2.24) is 10.2 Å². The van der Waals surface area contributed by atoms with E-state index in [0.717, 1.165) is 34.5 Å². The molecule has 0 saturated carbocycles. The summed E-state index contributed by atoms with van der Waals surface area (Å²) in [5.74, 6) is -1.04. The molecule has 0 unspecified atom stereocenters. The standard InChI is InChI=1S/C26H35N3O5S/c1-6-7-15-27-26(32)20(3)28(17-23-12-9-8-11-19(23)2)25(31)18-29(35(5,33)34)24-14-10-13-22(16-24)21(4)30/h8-14,16,20H,6-7,15,17-18H2,1-5H3,(H,27,32)/t20-/m1/s1. The van der Waals surface area contributed by atoms with E-state index in [1.807, 2.05) is 38.1 Å². The van der Waals surface area contributed by atoms with Crippen LogP contribution >= 0.6 is 0 Å². The van der Waals surface area contributed by atoms with Crippen LogP contribution in [0.3, 0.4) is 0 Å². The van der Waals surface area contributed by atoms with Crippen LogP contribution in [0.2, 0.25) is 0 Å². The molecule has 0 radical (unpaired) electrons. The first-order valence-electron chi connectivity index (χ1n) is 11.7. The molecule has 0 aliphatic heterocycles. The third-order valence-electron chi connectivity index (χ3n) is 5.82. The lowest BCUT2D eigenvalue weighted by Gasteiger charge is -2.32. The van der Waals surface area contributed by atoms with Crippen molar-refractivity contribution in [3.05, 3.63) is 65.2 Å². The van der Waals surface area contributed by atoms with Crippen LogP contribution < -0.4 is 9.62 Å². The van der Waals surface area contributed by atoms with E-state index in [4.69, 9.17) is 0 Å². The van der Waals surface area contributed by atoms with Crippen molar-refractivity contribution in [3.63, 3.8) is 0 Å². The Hall–Kier alpha value is -3.20. The number of hydrogen-bond donors (Lipinski definition) is 1. The number of Topliss-reactive ketones (excluding diaryl/α,β-unsaturated/α-hetero) is 1. The summed E-state index contributed by atoms with van der Waals surface area (Å²) in [6.07, 6.45) is 2.75. The lowest BCUT2D eigenvalue weighted by molar-refractivity contribution is -0.139. The molecule has 2 aromatic rings. The predicted molar refractivity (Wildman–Crippen MR) is 138 cm³/mol. The minimum atomic E-state index is -3.86. The third-order valence-corrected chi connectivity index (χ3v) is 6.96. The number of amides is 2. The molecule has 0 spiro atoms. The minimum Gasteiger partial charge on any atom is -0.354 e. The Kier molecular flexibility index (Phi) is 10.0. The highest BCUT2D eigenvalue weighted by atomic mass is 32.2. The van der Waals surface area contributed by atoms with Crippen molar-refractivity contribution in [1.29, 1.82) is 0 Å². The fraction of sp³-hybridized carbons (Fsp3) is 0.423. The number of nitrogens with zero attached hydrogens (tertiary/aromatic N) is 2. The van der Waals surface area contributed by atoms with Gasteiger partial charge in [0.25, 0.3) is 0 Å². The summed E-state index contributed by atoms with van der Waals surface area (Å²) in [6.45, 7) is 7.11. The van der Waals surface area contributed by atoms with Gasteiger partial charge in [-0.25, -0.2) is 8.42 Å². The van der Waals surface area contributed by atoms with Gasteiger partial charge in [0.2, 0.25) is 21.8 Å². The molecule has 35 heavy (non-hydrogen) atoms. The van der Waals surface area contributed by atoms with E-state index < -0.39 is 28.5 Å². The zero-order valence-electron chi connectivity index (χ0n) is 21.1. The number of rotatable bonds is 12. The van der Waals surface area contributed by atoms with Gasteiger partial charge in [0.1, 0.15) is 12.6 Å². The number of aryl methyl sites for hydroxylation is 1. The summed E-state index contributed by atoms with van der Waals surface area (Å²) in [5, 5.41) is 2.85. The molecule has 9 heteroatoms. The summed E-state index contributed by atoms with van der Waals surface area (Å²) in [5.41, 5.74) is 2.37. The monoisotopic (exact) mass is 501 g/mol. The molecular weight excluding hydrogens is 466 g/mol. The smallest absolute Gasteiger partial charge is 0.244 e. The first kappa shape index (κ1) is 28.0. The van der Waals surface area contributed by atoms with Crippen LogP contribution in [0, 0.1) is 6.92 Å². The van der Waals surface area contributed by atoms with Crippen molar-refractivity contribution in [2.75, 3.05) is 23.7 Å². The van der Waals surface area contributed by atoms with E-state index >= 15 is 0 Å². The molecule has 0 aliphatic carbocycles. The van der Waals surface area contributed by atoms with Crippen LogP contribution in [-0.4, -0.2) is 56.3 Å². The molecule has 0 saturated heterocycles. The zero-order valence-corrected chi connectivity index (χ0v) is 21.9. The fourth-order valence-corrected chi connectivity index (χ4v) is 4.42. The maximum absolute atomic E-state index is 13.6. The van der Waals surface area contributed by atoms with Crippen molar-refractivity contribution in [2.45, 2.75) is 53.1 Å². The summed E-state index contributed by atoms with van der Waals surface area (Å²) in [4.78, 5) is 39.6. The average molecular weight is 502 g/mol. The Labute approximate surface area is 208 Å². The van der Waals surface area contributed by atoms with Gasteiger partial charge < -0.3 is 10.2 Å². The number of benzene rings is 2. The van der Waals surface area contributed by atoms with Gasteiger partial charge in [-0.2, -0.15) is 0 Å². The van der Waals surface area contributed by atoms with E-state index in [1.54, 1.807) is 19.1 Å². The van der Waals surface area contributed by atoms with E-state index in [0.29, 0.717) is 12.1 Å². The van der Waals surface area contributed by atoms with Gasteiger partial charge >= 0.3 is 0 Å². The maximum Gasteiger partial charge on any atom is 0.244 e. The van der Waals surface area contributed by atoms with Gasteiger partial charge in [-0.05, 0) is 50.5 Å². The molecule has 2 aromatic carbocycles. The van der Waals surface area contributed by atoms with E-state index in [1.165, 1.54) is 24.0 Å². The maximum atomic E-state index is 13.6. The molecule has 1 atom stereocenters. The predicted octanol–water partition coefficient (Wildman–Crippen LogP) is 3.30. The Morgan fingerprint density at radius 2 is 1.74 bits per heavy atom. The number of hydrogen-bond acceptors (Lipinski definition) is 5. The average Bonchev–Trinajstić information content (AvgIpc) is 2.80. The molecular formula is C26H35N3O5S. The molecule has 0 heterocycles. The lowest BCUT2D eigenvalue weighted by atomic mass is 10.1. The quantitative estimate of drug-likeness (QED) is 0.355. The largest absolute Gasteiger partial charge is 0.354 e. The highest BCUT2D eigenvalue weighted by Crippen LogP contribution is 2.21. The number of carbonyl (C=O) groups is 3. The molecule has 0 bridgehead atoms. The van der Waals surface area contributed by atoms with Crippen molar-refractivity contribution < 1.29 is 22.8 Å². The summed E-state index contributed by atoms with van der Waals surface area (Å²) >= 11 is 0. The molecule has 0 aliphatic rings. The Bertz CT molecular complexity index is 1160. The third kappa shape index (κ3) is 7.92. The lowest BCUT2D eigenvalue weighted by Crippen LogP contribution is -2.51. The van der Waals surface area contributed by atoms with E-state index in [-0.39, 0.29) is 23.9 Å². The van der Waals surface area contributed by atoms with Gasteiger partial charge in [-0.1, -0.05) is 49.7 Å². The number of sulfonamides is 1. The van der Waals surface area contributed by atoms with E-state index in [9.17, 15) is 22.8 Å². The molecule has 0 aromatic heterocycles. The zero-order chi connectivity index (χ0) is 26.2. The normalized spacial score (nSPS) is 12.0. The van der Waals surface area contributed by atoms with Gasteiger partial charge in [0.05, 0.1) is 11.9 Å². The second kappa shape index (κ2) is 12.5. The topological polar surface area (TPSA) is 104 Å². The van der Waals surface area contributed by atoms with Crippen LogP contribution in [0.5, 0.6) is 0 Å². The minimum absolute atomic E-state index is 0.152. The van der Waals surface area contributed by atoms with Gasteiger partial charge in [-0.3, -0.25) is 18.7 Å². The Morgan fingerprint density at radius 3 is 2.34 bits per heavy atom. The van der Waals surface area contributed by atoms with Crippen LogP contribution in [0.4, 0.5) is 5.69 Å². The second-order valence-electron chi connectivity index (χ2n) is 8.64. The Balaban J connectivity index is 2.40. The Morgan fingerprint density at radius 1 is 1.06 bits per heavy atom. The summed E-state index contributed by atoms with van der Waals surface area (Å²) < 4.78 is 26.3. The molecule has 2 amide bonds. The number of nitrogens with one attached hydrogen (secondary N) is 1. The van der Waals surface area contributed by atoms with Crippen molar-refractivity contribution >= 4 is 33.3 Å². The van der Waals surface area contributed by atoms with Gasteiger partial charge in [-0.15, -0.1) is 0 Å². The van der Waals surface area contributed by atoms with Crippen molar-refractivity contribution in [2.24, 2.45) is 0 Å². The van der Waals surface area contributed by atoms with Crippen LogP contribution in [0.1, 0.15) is 55.1 Å². The molecule has 1 N–H and O–H groups in total. The summed E-state index contributed by atoms with van der Waals surface area (Å²) in [6, 6.07) is 12.9. The van der Waals surface area contributed by atoms with E-state index in [2.05, 4.69) is 5.32 Å². The molecule has 2 rings (SSSR count). The number of anilines is 1. The summed E-state index contributed by atoms with van der Waals surface area (Å²) in [7, 11) is -3.86. The fourth-order valence-electron chi connectivity index (χ4n) is 3.58. The van der Waals surface area contributed by atoms with Gasteiger partial charge in [0.15, 0.2) is 5.78 Å². The highest BCUT2D eigenvalue weighted by molar-refractivity contribution is 7.92. The van der Waals surface area contributed by atoms with Crippen LogP contribution in [-0.2, 0) is 26.2 Å².